The van der Waals surface area contributed by atoms with Crippen LogP contribution >= 0.6 is 0 Å². The minimum Gasteiger partial charge on any atom is -0.356 e. The van der Waals surface area contributed by atoms with Crippen molar-refractivity contribution in [1.82, 2.24) is 9.97 Å². The monoisotopic (exact) mass is 318 g/mol. The van der Waals surface area contributed by atoms with E-state index >= 15 is 0 Å². The fraction of sp³-hybridized carbons (Fsp3) is 0.412. The minimum atomic E-state index is -0.661. The number of para-hydroxylation sites is 1. The zero-order valence-electron chi connectivity index (χ0n) is 13.1. The third-order valence-corrected chi connectivity index (χ3v) is 3.97. The number of nitrogens with zero attached hydrogens (tertiary/aromatic N) is 3. The minimum absolute atomic E-state index is 0.216. The first kappa shape index (κ1) is 15.6. The van der Waals surface area contributed by atoms with Crippen LogP contribution in [0.3, 0.4) is 0 Å². The van der Waals surface area contributed by atoms with Crippen LogP contribution in [-0.4, -0.2) is 23.1 Å². The van der Waals surface area contributed by atoms with E-state index in [4.69, 9.17) is 0 Å². The zero-order chi connectivity index (χ0) is 16.2. The molecule has 4 nitrogen and oxygen atoms in total. The Hall–Kier alpha value is -2.24. The summed E-state index contributed by atoms with van der Waals surface area (Å²) in [5.41, 5.74) is 0.540. The summed E-state index contributed by atoms with van der Waals surface area (Å²) in [4.78, 5) is 10.9. The van der Waals surface area contributed by atoms with E-state index in [1.165, 1.54) is 31.0 Å². The van der Waals surface area contributed by atoms with Gasteiger partial charge in [-0.1, -0.05) is 18.9 Å². The predicted octanol–water partition coefficient (Wildman–Crippen LogP) is 4.19. The summed E-state index contributed by atoms with van der Waals surface area (Å²) in [6, 6.07) is 5.65. The van der Waals surface area contributed by atoms with E-state index < -0.39 is 11.6 Å². The third kappa shape index (κ3) is 3.75. The molecule has 2 aromatic rings. The smallest absolute Gasteiger partial charge is 0.229 e. The maximum absolute atomic E-state index is 13.8. The summed E-state index contributed by atoms with van der Waals surface area (Å²) in [6.07, 6.45) is 4.72. The summed E-state index contributed by atoms with van der Waals surface area (Å²) in [6.45, 7) is 3.75. The number of benzene rings is 1. The highest BCUT2D eigenvalue weighted by Gasteiger charge is 2.15. The van der Waals surface area contributed by atoms with Gasteiger partial charge >= 0.3 is 0 Å². The number of rotatable bonds is 3. The second kappa shape index (κ2) is 6.89. The SMILES string of the molecule is Cc1cc(N2CCCCCC2)nc(Nc2c(F)cccc2F)n1. The fourth-order valence-electron chi connectivity index (χ4n) is 2.80. The molecule has 3 rings (SSSR count). The highest BCUT2D eigenvalue weighted by molar-refractivity contribution is 5.57. The molecule has 23 heavy (non-hydrogen) atoms. The van der Waals surface area contributed by atoms with Crippen molar-refractivity contribution < 1.29 is 8.78 Å². The third-order valence-electron chi connectivity index (χ3n) is 3.97. The van der Waals surface area contributed by atoms with E-state index in [9.17, 15) is 8.78 Å². The van der Waals surface area contributed by atoms with Gasteiger partial charge in [0.05, 0.1) is 0 Å². The number of aromatic nitrogens is 2. The Morgan fingerprint density at radius 3 is 2.30 bits per heavy atom. The summed E-state index contributed by atoms with van der Waals surface area (Å²) in [7, 11) is 0. The highest BCUT2D eigenvalue weighted by atomic mass is 19.1. The van der Waals surface area contributed by atoms with Gasteiger partial charge in [0.15, 0.2) is 0 Å². The predicted molar refractivity (Wildman–Crippen MR) is 87.1 cm³/mol. The van der Waals surface area contributed by atoms with Crippen molar-refractivity contribution in [2.75, 3.05) is 23.3 Å². The van der Waals surface area contributed by atoms with Crippen molar-refractivity contribution in [3.05, 3.63) is 41.6 Å². The molecule has 0 unspecified atom stereocenters. The van der Waals surface area contributed by atoms with Gasteiger partial charge in [0.2, 0.25) is 5.95 Å². The van der Waals surface area contributed by atoms with E-state index in [2.05, 4.69) is 20.2 Å². The second-order valence-corrected chi connectivity index (χ2v) is 5.81. The van der Waals surface area contributed by atoms with Crippen LogP contribution < -0.4 is 10.2 Å². The Morgan fingerprint density at radius 2 is 1.65 bits per heavy atom. The van der Waals surface area contributed by atoms with E-state index in [0.717, 1.165) is 37.4 Å². The molecule has 0 radical (unpaired) electrons. The highest BCUT2D eigenvalue weighted by Crippen LogP contribution is 2.24. The second-order valence-electron chi connectivity index (χ2n) is 5.81. The van der Waals surface area contributed by atoms with Gasteiger partial charge in [-0.25, -0.2) is 13.8 Å². The van der Waals surface area contributed by atoms with E-state index in [1.807, 2.05) is 13.0 Å². The molecular weight excluding hydrogens is 298 g/mol. The van der Waals surface area contributed by atoms with E-state index in [1.54, 1.807) is 0 Å². The molecule has 0 amide bonds. The molecule has 6 heteroatoms. The van der Waals surface area contributed by atoms with Crippen molar-refractivity contribution in [2.24, 2.45) is 0 Å². The Kier molecular flexibility index (Phi) is 4.69. The quantitative estimate of drug-likeness (QED) is 0.921. The Bertz CT molecular complexity index is 662. The van der Waals surface area contributed by atoms with Crippen molar-refractivity contribution in [3.8, 4) is 0 Å². The lowest BCUT2D eigenvalue weighted by molar-refractivity contribution is 0.590. The van der Waals surface area contributed by atoms with Gasteiger partial charge in [-0.2, -0.15) is 4.98 Å². The van der Waals surface area contributed by atoms with Crippen LogP contribution in [0.25, 0.3) is 0 Å². The molecule has 1 fully saturated rings. The lowest BCUT2D eigenvalue weighted by atomic mass is 10.2. The average molecular weight is 318 g/mol. The number of aryl methyl sites for hydroxylation is 1. The van der Waals surface area contributed by atoms with Crippen molar-refractivity contribution >= 4 is 17.5 Å². The lowest BCUT2D eigenvalue weighted by Crippen LogP contribution is -2.25. The van der Waals surface area contributed by atoms with E-state index in [0.29, 0.717) is 0 Å². The number of anilines is 3. The molecule has 0 bridgehead atoms. The maximum atomic E-state index is 13.8. The van der Waals surface area contributed by atoms with Crippen molar-refractivity contribution in [3.63, 3.8) is 0 Å². The van der Waals surface area contributed by atoms with Gasteiger partial charge in [-0.05, 0) is 31.9 Å². The van der Waals surface area contributed by atoms with Crippen LogP contribution in [-0.2, 0) is 0 Å². The molecular formula is C17H20F2N4. The number of nitrogens with one attached hydrogen (secondary N) is 1. The largest absolute Gasteiger partial charge is 0.356 e. The van der Waals surface area contributed by atoms with Crippen molar-refractivity contribution in [2.45, 2.75) is 32.6 Å². The molecule has 1 aliphatic heterocycles. The van der Waals surface area contributed by atoms with Crippen LogP contribution in [0.5, 0.6) is 0 Å². The summed E-state index contributed by atoms with van der Waals surface area (Å²) in [5.74, 6) is -0.301. The summed E-state index contributed by atoms with van der Waals surface area (Å²) < 4.78 is 27.6. The first-order valence-electron chi connectivity index (χ1n) is 7.95. The molecule has 1 aromatic heterocycles. The van der Waals surface area contributed by atoms with Crippen LogP contribution in [0.4, 0.5) is 26.2 Å². The van der Waals surface area contributed by atoms with Gasteiger partial charge < -0.3 is 10.2 Å². The average Bonchev–Trinajstić information content (AvgIpc) is 2.80. The molecule has 0 atom stereocenters. The van der Waals surface area contributed by atoms with Gasteiger partial charge in [-0.15, -0.1) is 0 Å². The standard InChI is InChI=1S/C17H20F2N4/c1-12-11-15(23-9-4-2-3-5-10-23)21-17(20-12)22-16-13(18)7-6-8-14(16)19/h6-8,11H,2-5,9-10H2,1H3,(H,20,21,22). The normalized spacial score (nSPS) is 15.3. The summed E-state index contributed by atoms with van der Waals surface area (Å²) >= 11 is 0. The Labute approximate surface area is 134 Å². The molecule has 1 aliphatic rings. The molecule has 0 saturated carbocycles. The van der Waals surface area contributed by atoms with E-state index in [-0.39, 0.29) is 11.6 Å². The van der Waals surface area contributed by atoms with Gasteiger partial charge in [-0.3, -0.25) is 0 Å². The van der Waals surface area contributed by atoms with Crippen LogP contribution in [0.15, 0.2) is 24.3 Å². The van der Waals surface area contributed by atoms with Crippen LogP contribution in [0, 0.1) is 18.6 Å². The summed E-state index contributed by atoms with van der Waals surface area (Å²) in [5, 5.41) is 2.68. The van der Waals surface area contributed by atoms with Gasteiger partial charge in [0, 0.05) is 24.8 Å². The lowest BCUT2D eigenvalue weighted by Gasteiger charge is -2.22. The zero-order valence-corrected chi connectivity index (χ0v) is 13.1. The molecule has 1 N–H and O–H groups in total. The topological polar surface area (TPSA) is 41.1 Å². The fourth-order valence-corrected chi connectivity index (χ4v) is 2.80. The first-order valence-corrected chi connectivity index (χ1v) is 7.95. The number of hydrogen-bond acceptors (Lipinski definition) is 4. The molecule has 0 spiro atoms. The molecule has 122 valence electrons. The molecule has 2 heterocycles. The molecule has 1 aromatic carbocycles. The maximum Gasteiger partial charge on any atom is 0.229 e. The van der Waals surface area contributed by atoms with Crippen LogP contribution in [0.1, 0.15) is 31.4 Å². The first-order chi connectivity index (χ1) is 11.1. The van der Waals surface area contributed by atoms with Gasteiger partial charge in [0.25, 0.3) is 0 Å². The number of hydrogen-bond donors (Lipinski definition) is 1. The van der Waals surface area contributed by atoms with Gasteiger partial charge in [0.1, 0.15) is 23.1 Å². The Morgan fingerprint density at radius 1 is 1.00 bits per heavy atom. The molecule has 0 aliphatic carbocycles. The van der Waals surface area contributed by atoms with Crippen LogP contribution in [0.2, 0.25) is 0 Å². The number of halogens is 2. The Balaban J connectivity index is 1.88. The molecule has 1 saturated heterocycles. The van der Waals surface area contributed by atoms with Crippen molar-refractivity contribution in [1.29, 1.82) is 0 Å².